The van der Waals surface area contributed by atoms with Gasteiger partial charge in [0, 0.05) is 12.0 Å². The number of carbonyl (C=O) groups is 2. The van der Waals surface area contributed by atoms with Crippen molar-refractivity contribution < 1.29 is 28.9 Å². The van der Waals surface area contributed by atoms with E-state index in [1.807, 2.05) is 0 Å². The molecule has 0 aliphatic carbocycles. The second kappa shape index (κ2) is 5.97. The molecule has 0 aromatic rings. The summed E-state index contributed by atoms with van der Waals surface area (Å²) in [5, 5.41) is 8.60. The van der Waals surface area contributed by atoms with Crippen LogP contribution in [0, 0.1) is 0 Å². The van der Waals surface area contributed by atoms with E-state index in [1.54, 1.807) is 13.8 Å². The van der Waals surface area contributed by atoms with Crippen molar-refractivity contribution in [3.8, 4) is 0 Å². The predicted octanol–water partition coefficient (Wildman–Crippen LogP) is 1.10. The predicted molar refractivity (Wildman–Crippen MR) is 61.9 cm³/mol. The quantitative estimate of drug-likeness (QED) is 0.567. The van der Waals surface area contributed by atoms with Crippen LogP contribution in [-0.4, -0.2) is 42.1 Å². The summed E-state index contributed by atoms with van der Waals surface area (Å²) in [6, 6.07) is 0. The summed E-state index contributed by atoms with van der Waals surface area (Å²) < 4.78 is 15.9. The molecule has 1 N–H and O–H groups in total. The lowest BCUT2D eigenvalue weighted by Crippen LogP contribution is -2.29. The Bertz CT molecular complexity index is 350. The highest BCUT2D eigenvalue weighted by molar-refractivity contribution is 5.86. The van der Waals surface area contributed by atoms with Crippen molar-refractivity contribution in [3.63, 3.8) is 0 Å². The number of aliphatic carboxylic acids is 1. The van der Waals surface area contributed by atoms with Gasteiger partial charge in [-0.2, -0.15) is 0 Å². The molecule has 1 saturated heterocycles. The third-order valence-corrected chi connectivity index (χ3v) is 2.53. The number of carboxylic acid groups (broad SMARTS) is 1. The molecule has 1 fully saturated rings. The van der Waals surface area contributed by atoms with E-state index in [-0.39, 0.29) is 32.2 Å². The number of carbonyl (C=O) groups excluding carboxylic acids is 1. The topological polar surface area (TPSA) is 82.1 Å². The number of hydrogen-bond donors (Lipinski definition) is 1. The molecule has 1 heterocycles. The van der Waals surface area contributed by atoms with Crippen LogP contribution >= 0.6 is 0 Å². The second-order valence-corrected chi connectivity index (χ2v) is 4.46. The van der Waals surface area contributed by atoms with Gasteiger partial charge in [0.05, 0.1) is 13.0 Å². The Kier molecular flexibility index (Phi) is 4.86. The first-order chi connectivity index (χ1) is 8.32. The molecule has 0 aromatic heterocycles. The van der Waals surface area contributed by atoms with E-state index < -0.39 is 17.7 Å². The Morgan fingerprint density at radius 3 is 2.78 bits per heavy atom. The van der Waals surface area contributed by atoms with Gasteiger partial charge in [0.1, 0.15) is 12.7 Å². The Labute approximate surface area is 106 Å². The lowest BCUT2D eigenvalue weighted by molar-refractivity contribution is -0.172. The molecule has 6 heteroatoms. The fourth-order valence-electron chi connectivity index (χ4n) is 1.53. The van der Waals surface area contributed by atoms with Crippen molar-refractivity contribution in [1.29, 1.82) is 0 Å². The summed E-state index contributed by atoms with van der Waals surface area (Å²) in [6.45, 7) is 7.06. The summed E-state index contributed by atoms with van der Waals surface area (Å²) >= 11 is 0. The first kappa shape index (κ1) is 14.7. The highest BCUT2D eigenvalue weighted by Gasteiger charge is 2.37. The monoisotopic (exact) mass is 258 g/mol. The molecule has 0 amide bonds. The van der Waals surface area contributed by atoms with E-state index in [9.17, 15) is 9.59 Å². The third kappa shape index (κ3) is 4.46. The second-order valence-electron chi connectivity index (χ2n) is 4.46. The van der Waals surface area contributed by atoms with E-state index in [0.717, 1.165) is 0 Å². The molecule has 1 rings (SSSR count). The molecule has 2 unspecified atom stereocenters. The minimum Gasteiger partial charge on any atom is -0.481 e. The number of esters is 1. The Morgan fingerprint density at radius 1 is 1.56 bits per heavy atom. The highest BCUT2D eigenvalue weighted by Crippen LogP contribution is 2.28. The van der Waals surface area contributed by atoms with E-state index >= 15 is 0 Å². The number of rotatable bonds is 6. The fraction of sp³-hybridized carbons (Fsp3) is 0.667. The summed E-state index contributed by atoms with van der Waals surface area (Å²) in [6.07, 6.45) is -0.144. The summed E-state index contributed by atoms with van der Waals surface area (Å²) in [4.78, 5) is 21.7. The van der Waals surface area contributed by atoms with Crippen molar-refractivity contribution in [1.82, 2.24) is 0 Å². The Hall–Kier alpha value is -1.40. The molecule has 0 bridgehead atoms. The van der Waals surface area contributed by atoms with E-state index in [1.165, 1.54) is 0 Å². The van der Waals surface area contributed by atoms with Crippen LogP contribution in [0.25, 0.3) is 0 Å². The van der Waals surface area contributed by atoms with Gasteiger partial charge in [0.2, 0.25) is 0 Å². The average molecular weight is 258 g/mol. The van der Waals surface area contributed by atoms with Gasteiger partial charge in [0.15, 0.2) is 5.79 Å². The zero-order chi connectivity index (χ0) is 13.8. The molecule has 102 valence electrons. The molecule has 2 atom stereocenters. The molecular weight excluding hydrogens is 240 g/mol. The van der Waals surface area contributed by atoms with Gasteiger partial charge in [-0.15, -0.1) is 0 Å². The van der Waals surface area contributed by atoms with Crippen LogP contribution in [0.4, 0.5) is 0 Å². The average Bonchev–Trinajstić information content (AvgIpc) is 2.66. The standard InChI is InChI=1S/C12H18O6/c1-8(2)11(15)16-6-9-7-17-12(3,18-9)5-4-10(13)14/h9H,1,4-7H2,2-3H3,(H,13,14). The van der Waals surface area contributed by atoms with Gasteiger partial charge in [-0.3, -0.25) is 4.79 Å². The van der Waals surface area contributed by atoms with Crippen molar-refractivity contribution in [2.45, 2.75) is 38.6 Å². The zero-order valence-electron chi connectivity index (χ0n) is 10.6. The van der Waals surface area contributed by atoms with Crippen molar-refractivity contribution in [2.75, 3.05) is 13.2 Å². The summed E-state index contributed by atoms with van der Waals surface area (Å²) in [5.41, 5.74) is 0.322. The van der Waals surface area contributed by atoms with Gasteiger partial charge in [-0.1, -0.05) is 6.58 Å². The molecular formula is C12H18O6. The minimum atomic E-state index is -0.918. The highest BCUT2D eigenvalue weighted by atomic mass is 16.7. The van der Waals surface area contributed by atoms with Crippen LogP contribution in [0.3, 0.4) is 0 Å². The van der Waals surface area contributed by atoms with E-state index in [2.05, 4.69) is 6.58 Å². The molecule has 0 spiro atoms. The molecule has 1 aliphatic heterocycles. The number of ether oxygens (including phenoxy) is 3. The molecule has 0 saturated carbocycles. The molecule has 1 aliphatic rings. The largest absolute Gasteiger partial charge is 0.481 e. The zero-order valence-corrected chi connectivity index (χ0v) is 10.6. The van der Waals surface area contributed by atoms with Gasteiger partial charge in [-0.25, -0.2) is 4.79 Å². The molecule has 18 heavy (non-hydrogen) atoms. The Morgan fingerprint density at radius 2 is 2.22 bits per heavy atom. The van der Waals surface area contributed by atoms with Crippen LogP contribution in [0.15, 0.2) is 12.2 Å². The van der Waals surface area contributed by atoms with E-state index in [0.29, 0.717) is 5.57 Å². The lowest BCUT2D eigenvalue weighted by Gasteiger charge is -2.22. The van der Waals surface area contributed by atoms with Gasteiger partial charge in [0.25, 0.3) is 0 Å². The lowest BCUT2D eigenvalue weighted by atomic mass is 10.2. The molecule has 0 aromatic carbocycles. The number of carboxylic acids is 1. The molecule has 6 nitrogen and oxygen atoms in total. The van der Waals surface area contributed by atoms with Crippen LogP contribution in [-0.2, 0) is 23.8 Å². The third-order valence-electron chi connectivity index (χ3n) is 2.53. The maximum atomic E-state index is 11.2. The first-order valence-electron chi connectivity index (χ1n) is 5.68. The molecule has 0 radical (unpaired) electrons. The SMILES string of the molecule is C=C(C)C(=O)OCC1COC(C)(CCC(=O)O)O1. The van der Waals surface area contributed by atoms with Crippen LogP contribution in [0.1, 0.15) is 26.7 Å². The maximum Gasteiger partial charge on any atom is 0.333 e. The minimum absolute atomic E-state index is 0.0330. The van der Waals surface area contributed by atoms with Crippen molar-refractivity contribution >= 4 is 11.9 Å². The maximum absolute atomic E-state index is 11.2. The summed E-state index contributed by atoms with van der Waals surface area (Å²) in [5.74, 6) is -2.29. The van der Waals surface area contributed by atoms with E-state index in [4.69, 9.17) is 19.3 Å². The number of hydrogen-bond acceptors (Lipinski definition) is 5. The smallest absolute Gasteiger partial charge is 0.333 e. The van der Waals surface area contributed by atoms with Crippen LogP contribution in [0.2, 0.25) is 0 Å². The van der Waals surface area contributed by atoms with Gasteiger partial charge >= 0.3 is 11.9 Å². The van der Waals surface area contributed by atoms with Gasteiger partial charge < -0.3 is 19.3 Å². The normalized spacial score (nSPS) is 26.9. The summed E-state index contributed by atoms with van der Waals surface area (Å²) in [7, 11) is 0. The fourth-order valence-corrected chi connectivity index (χ4v) is 1.53. The Balaban J connectivity index is 2.34. The van der Waals surface area contributed by atoms with Gasteiger partial charge in [-0.05, 0) is 13.8 Å². The first-order valence-corrected chi connectivity index (χ1v) is 5.68. The van der Waals surface area contributed by atoms with Crippen LogP contribution in [0.5, 0.6) is 0 Å². The van der Waals surface area contributed by atoms with Crippen molar-refractivity contribution in [2.24, 2.45) is 0 Å². The van der Waals surface area contributed by atoms with Crippen molar-refractivity contribution in [3.05, 3.63) is 12.2 Å². The van der Waals surface area contributed by atoms with Crippen LogP contribution < -0.4 is 0 Å².